The molecule has 0 saturated carbocycles. The Morgan fingerprint density at radius 2 is 1.86 bits per heavy atom. The summed E-state index contributed by atoms with van der Waals surface area (Å²) in [6.45, 7) is 1.94. The molecule has 2 aromatic carbocycles. The molecule has 5 nitrogen and oxygen atoms in total. The number of methoxy groups -OCH3 is 1. The number of carbonyl (C=O) groups excluding carboxylic acids is 1. The van der Waals surface area contributed by atoms with Crippen molar-refractivity contribution in [3.63, 3.8) is 0 Å². The van der Waals surface area contributed by atoms with E-state index in [1.54, 1.807) is 50.1 Å². The minimum atomic E-state index is -0.592. The topological polar surface area (TPSA) is 68.1 Å². The highest BCUT2D eigenvalue weighted by molar-refractivity contribution is 8.18. The van der Waals surface area contributed by atoms with Crippen LogP contribution in [-0.2, 0) is 9.53 Å². The lowest BCUT2D eigenvalue weighted by atomic mass is 10.1. The molecule has 150 valence electrons. The average molecular weight is 428 g/mol. The fourth-order valence-corrected chi connectivity index (χ4v) is 4.06. The number of aliphatic hydroxyl groups is 1. The van der Waals surface area contributed by atoms with Crippen LogP contribution in [0.1, 0.15) is 12.5 Å². The van der Waals surface area contributed by atoms with E-state index in [1.165, 1.54) is 11.8 Å². The average Bonchev–Trinajstić information content (AvgIpc) is 3.04. The van der Waals surface area contributed by atoms with Crippen molar-refractivity contribution in [2.75, 3.05) is 20.0 Å². The van der Waals surface area contributed by atoms with Crippen LogP contribution in [-0.4, -0.2) is 36.1 Å². The Balaban J connectivity index is 1.98. The van der Waals surface area contributed by atoms with Crippen molar-refractivity contribution in [2.45, 2.75) is 11.8 Å². The fraction of sp³-hybridized carbons (Fsp3) is 0.182. The summed E-state index contributed by atoms with van der Waals surface area (Å²) in [6, 6.07) is 15.1. The van der Waals surface area contributed by atoms with E-state index in [1.807, 2.05) is 36.6 Å². The van der Waals surface area contributed by atoms with E-state index in [0.717, 1.165) is 10.5 Å². The molecule has 0 aromatic heterocycles. The maximum atomic E-state index is 12.5. The lowest BCUT2D eigenvalue weighted by Gasteiger charge is -2.04. The SMILES string of the molecule is CCOC(=O)C1=C(O)/C(=C\c2ccc(SC)cc2)SC1=Nc1ccc(OC)cc1. The number of aliphatic hydroxyl groups excluding tert-OH is 1. The van der Waals surface area contributed by atoms with Gasteiger partial charge in [0.2, 0.25) is 0 Å². The first-order valence-corrected chi connectivity index (χ1v) is 11.0. The number of hydrogen-bond donors (Lipinski definition) is 1. The monoisotopic (exact) mass is 427 g/mol. The van der Waals surface area contributed by atoms with Gasteiger partial charge in [-0.1, -0.05) is 23.9 Å². The zero-order chi connectivity index (χ0) is 20.8. The van der Waals surface area contributed by atoms with Crippen molar-refractivity contribution < 1.29 is 19.4 Å². The molecule has 0 bridgehead atoms. The number of nitrogens with zero attached hydrogens (tertiary/aromatic N) is 1. The fourth-order valence-electron chi connectivity index (χ4n) is 2.62. The highest BCUT2D eigenvalue weighted by Crippen LogP contribution is 2.40. The second-order valence-electron chi connectivity index (χ2n) is 5.94. The standard InChI is InChI=1S/C22H21NO4S2/c1-4-27-22(25)19-20(24)18(13-14-5-11-17(28-3)12-6-14)29-21(19)23-15-7-9-16(26-2)10-8-15/h5-13,24H,4H2,1-3H3/b18-13+,23-21?. The van der Waals surface area contributed by atoms with Crippen molar-refractivity contribution >= 4 is 46.3 Å². The van der Waals surface area contributed by atoms with Gasteiger partial charge in [-0.25, -0.2) is 9.79 Å². The number of rotatable bonds is 6. The first-order chi connectivity index (χ1) is 14.0. The minimum Gasteiger partial charge on any atom is -0.506 e. The number of aliphatic imine (C=N–C) groups is 1. The molecule has 0 atom stereocenters. The van der Waals surface area contributed by atoms with Gasteiger partial charge in [-0.2, -0.15) is 0 Å². The summed E-state index contributed by atoms with van der Waals surface area (Å²) < 4.78 is 10.3. The molecule has 0 saturated heterocycles. The predicted molar refractivity (Wildman–Crippen MR) is 120 cm³/mol. The quantitative estimate of drug-likeness (QED) is 0.477. The molecule has 0 unspecified atom stereocenters. The van der Waals surface area contributed by atoms with Crippen LogP contribution in [0.5, 0.6) is 5.75 Å². The molecule has 0 amide bonds. The lowest BCUT2D eigenvalue weighted by Crippen LogP contribution is -2.12. The van der Waals surface area contributed by atoms with Gasteiger partial charge in [0.15, 0.2) is 0 Å². The van der Waals surface area contributed by atoms with Crippen molar-refractivity contribution in [1.29, 1.82) is 0 Å². The maximum Gasteiger partial charge on any atom is 0.344 e. The smallest absolute Gasteiger partial charge is 0.344 e. The number of esters is 1. The van der Waals surface area contributed by atoms with Gasteiger partial charge in [-0.15, -0.1) is 11.8 Å². The third-order valence-corrected chi connectivity index (χ3v) is 5.85. The summed E-state index contributed by atoms with van der Waals surface area (Å²) in [5.74, 6) is 0.00634. The molecule has 1 N–H and O–H groups in total. The van der Waals surface area contributed by atoms with Crippen LogP contribution in [0, 0.1) is 0 Å². The summed E-state index contributed by atoms with van der Waals surface area (Å²) in [4.78, 5) is 18.7. The zero-order valence-corrected chi connectivity index (χ0v) is 18.0. The summed E-state index contributed by atoms with van der Waals surface area (Å²) in [7, 11) is 1.59. The minimum absolute atomic E-state index is 0.0830. The van der Waals surface area contributed by atoms with Crippen molar-refractivity contribution in [1.82, 2.24) is 0 Å². The first-order valence-electron chi connectivity index (χ1n) is 8.93. The van der Waals surface area contributed by atoms with Gasteiger partial charge in [0.1, 0.15) is 22.1 Å². The van der Waals surface area contributed by atoms with Gasteiger partial charge < -0.3 is 14.6 Å². The largest absolute Gasteiger partial charge is 0.506 e. The maximum absolute atomic E-state index is 12.5. The normalized spacial score (nSPS) is 16.5. The Kier molecular flexibility index (Phi) is 7.06. The summed E-state index contributed by atoms with van der Waals surface area (Å²) in [5.41, 5.74) is 1.65. The number of carbonyl (C=O) groups is 1. The predicted octanol–water partition coefficient (Wildman–Crippen LogP) is 5.61. The molecule has 0 radical (unpaired) electrons. The van der Waals surface area contributed by atoms with Crippen LogP contribution < -0.4 is 4.74 Å². The van der Waals surface area contributed by atoms with Crippen LogP contribution in [0.15, 0.2) is 74.7 Å². The first kappa shape index (κ1) is 21.1. The van der Waals surface area contributed by atoms with Crippen LogP contribution in [0.25, 0.3) is 6.08 Å². The molecule has 2 aromatic rings. The molecule has 1 aliphatic heterocycles. The molecular weight excluding hydrogens is 406 g/mol. The molecule has 0 fully saturated rings. The molecular formula is C22H21NO4S2. The molecule has 0 spiro atoms. The Bertz CT molecular complexity index is 977. The second kappa shape index (κ2) is 9.71. The number of ether oxygens (including phenoxy) is 2. The highest BCUT2D eigenvalue weighted by Gasteiger charge is 2.33. The van der Waals surface area contributed by atoms with Crippen LogP contribution >= 0.6 is 23.5 Å². The molecule has 0 aliphatic carbocycles. The molecule has 3 rings (SSSR count). The van der Waals surface area contributed by atoms with E-state index < -0.39 is 5.97 Å². The van der Waals surface area contributed by atoms with Gasteiger partial charge in [0.25, 0.3) is 0 Å². The Morgan fingerprint density at radius 1 is 1.17 bits per heavy atom. The Morgan fingerprint density at radius 3 is 2.45 bits per heavy atom. The Hall–Kier alpha value is -2.64. The van der Waals surface area contributed by atoms with Crippen molar-refractivity contribution in [2.24, 2.45) is 4.99 Å². The van der Waals surface area contributed by atoms with Gasteiger partial charge in [-0.3, -0.25) is 0 Å². The van der Waals surface area contributed by atoms with Crippen molar-refractivity contribution in [3.05, 3.63) is 70.3 Å². The molecule has 29 heavy (non-hydrogen) atoms. The van der Waals surface area contributed by atoms with E-state index in [0.29, 0.717) is 21.4 Å². The number of benzene rings is 2. The number of hydrogen-bond acceptors (Lipinski definition) is 7. The lowest BCUT2D eigenvalue weighted by molar-refractivity contribution is -0.138. The van der Waals surface area contributed by atoms with Gasteiger partial charge in [-0.05, 0) is 61.2 Å². The Labute approximate surface area is 178 Å². The van der Waals surface area contributed by atoms with Crippen LogP contribution in [0.2, 0.25) is 0 Å². The summed E-state index contributed by atoms with van der Waals surface area (Å²) >= 11 is 2.90. The van der Waals surface area contributed by atoms with Gasteiger partial charge in [0.05, 0.1) is 24.3 Å². The molecule has 7 heteroatoms. The van der Waals surface area contributed by atoms with Crippen LogP contribution in [0.3, 0.4) is 0 Å². The van der Waals surface area contributed by atoms with Crippen molar-refractivity contribution in [3.8, 4) is 5.75 Å². The molecule has 1 aliphatic rings. The van der Waals surface area contributed by atoms with E-state index in [2.05, 4.69) is 4.99 Å². The summed E-state index contributed by atoms with van der Waals surface area (Å²) in [5, 5.41) is 11.1. The second-order valence-corrected chi connectivity index (χ2v) is 7.85. The van der Waals surface area contributed by atoms with Crippen LogP contribution in [0.4, 0.5) is 5.69 Å². The zero-order valence-electron chi connectivity index (χ0n) is 16.3. The summed E-state index contributed by atoms with van der Waals surface area (Å²) in [6.07, 6.45) is 3.85. The van der Waals surface area contributed by atoms with E-state index in [-0.39, 0.29) is 17.9 Å². The highest BCUT2D eigenvalue weighted by atomic mass is 32.2. The van der Waals surface area contributed by atoms with E-state index in [9.17, 15) is 9.90 Å². The molecule has 1 heterocycles. The van der Waals surface area contributed by atoms with Gasteiger partial charge in [0, 0.05) is 4.90 Å². The van der Waals surface area contributed by atoms with E-state index >= 15 is 0 Å². The van der Waals surface area contributed by atoms with Gasteiger partial charge >= 0.3 is 5.97 Å². The number of thioether (sulfide) groups is 2. The third kappa shape index (κ3) is 5.05. The van der Waals surface area contributed by atoms with E-state index in [4.69, 9.17) is 9.47 Å². The third-order valence-electron chi connectivity index (χ3n) is 4.09.